The molecule has 1 N–H and O–H groups in total. The first-order valence-electron chi connectivity index (χ1n) is 8.73. The molecule has 1 aliphatic heterocycles. The summed E-state index contributed by atoms with van der Waals surface area (Å²) in [6.07, 6.45) is 2.06. The van der Waals surface area contributed by atoms with Crippen LogP contribution in [0.15, 0.2) is 47.6 Å². The van der Waals surface area contributed by atoms with Gasteiger partial charge in [0.15, 0.2) is 5.96 Å². The van der Waals surface area contributed by atoms with Crippen molar-refractivity contribution < 1.29 is 8.78 Å². The molecule has 3 rings (SSSR count). The first-order valence-corrected chi connectivity index (χ1v) is 8.73. The minimum Gasteiger partial charge on any atom is -0.356 e. The Labute approximate surface area is 175 Å². The minimum atomic E-state index is -0.509. The van der Waals surface area contributed by atoms with Gasteiger partial charge in [-0.05, 0) is 30.7 Å². The summed E-state index contributed by atoms with van der Waals surface area (Å²) in [5.41, 5.74) is 0.107. The van der Waals surface area contributed by atoms with Gasteiger partial charge in [-0.2, -0.15) is 0 Å². The second kappa shape index (κ2) is 10.4. The molecule has 27 heavy (non-hydrogen) atoms. The third-order valence-electron chi connectivity index (χ3n) is 4.48. The maximum absolute atomic E-state index is 13.7. The van der Waals surface area contributed by atoms with E-state index < -0.39 is 11.6 Å². The first kappa shape index (κ1) is 21.3. The Morgan fingerprint density at radius 1 is 1.07 bits per heavy atom. The summed E-state index contributed by atoms with van der Waals surface area (Å²) in [4.78, 5) is 13.1. The predicted molar refractivity (Wildman–Crippen MR) is 115 cm³/mol. The maximum Gasteiger partial charge on any atom is 0.193 e. The molecule has 1 fully saturated rings. The summed E-state index contributed by atoms with van der Waals surface area (Å²) in [5.74, 6) is 0.712. The van der Waals surface area contributed by atoms with E-state index in [0.717, 1.165) is 38.0 Å². The molecule has 0 atom stereocenters. The van der Waals surface area contributed by atoms with E-state index in [1.165, 1.54) is 18.2 Å². The van der Waals surface area contributed by atoms with E-state index in [1.54, 1.807) is 13.2 Å². The molecule has 5 nitrogen and oxygen atoms in total. The van der Waals surface area contributed by atoms with Crippen molar-refractivity contribution in [2.24, 2.45) is 4.99 Å². The highest BCUT2D eigenvalue weighted by atomic mass is 127. The third-order valence-corrected chi connectivity index (χ3v) is 4.48. The molecule has 1 saturated heterocycles. The van der Waals surface area contributed by atoms with Crippen molar-refractivity contribution in [2.45, 2.75) is 6.42 Å². The predicted octanol–water partition coefficient (Wildman–Crippen LogP) is 2.92. The van der Waals surface area contributed by atoms with E-state index in [-0.39, 0.29) is 36.0 Å². The molecule has 0 aliphatic carbocycles. The van der Waals surface area contributed by atoms with Crippen LogP contribution in [-0.2, 0) is 6.42 Å². The molecule has 2 aromatic rings. The number of piperazine rings is 1. The zero-order chi connectivity index (χ0) is 18.4. The highest BCUT2D eigenvalue weighted by molar-refractivity contribution is 14.0. The molecule has 1 aliphatic rings. The third kappa shape index (κ3) is 5.50. The van der Waals surface area contributed by atoms with Crippen LogP contribution in [0.4, 0.5) is 14.6 Å². The van der Waals surface area contributed by atoms with Gasteiger partial charge in [0.2, 0.25) is 0 Å². The topological polar surface area (TPSA) is 43.8 Å². The quantitative estimate of drug-likeness (QED) is 0.410. The van der Waals surface area contributed by atoms with Gasteiger partial charge in [0.05, 0.1) is 0 Å². The second-order valence-corrected chi connectivity index (χ2v) is 6.09. The van der Waals surface area contributed by atoms with Crippen molar-refractivity contribution in [1.29, 1.82) is 0 Å². The van der Waals surface area contributed by atoms with Crippen LogP contribution >= 0.6 is 24.0 Å². The lowest BCUT2D eigenvalue weighted by Gasteiger charge is -2.37. The standard InChI is InChI=1S/C19H23F2N5.HI/c1-22-19(24-10-8-15-16(20)5-4-6-17(15)21)26-13-11-25(12-14-26)18-7-2-3-9-23-18;/h2-7,9H,8,10-14H2,1H3,(H,22,24);1H. The summed E-state index contributed by atoms with van der Waals surface area (Å²) in [5, 5.41) is 3.21. The number of rotatable bonds is 4. The fraction of sp³-hybridized carbons (Fsp3) is 0.368. The second-order valence-electron chi connectivity index (χ2n) is 6.09. The summed E-state index contributed by atoms with van der Waals surface area (Å²) < 4.78 is 27.4. The van der Waals surface area contributed by atoms with Crippen molar-refractivity contribution in [3.05, 3.63) is 59.8 Å². The largest absolute Gasteiger partial charge is 0.356 e. The van der Waals surface area contributed by atoms with Crippen LogP contribution in [0.5, 0.6) is 0 Å². The molecule has 1 aromatic carbocycles. The van der Waals surface area contributed by atoms with Gasteiger partial charge in [-0.3, -0.25) is 4.99 Å². The van der Waals surface area contributed by atoms with Gasteiger partial charge < -0.3 is 15.1 Å². The first-order chi connectivity index (χ1) is 12.7. The van der Waals surface area contributed by atoms with Crippen LogP contribution in [-0.4, -0.2) is 55.6 Å². The summed E-state index contributed by atoms with van der Waals surface area (Å²) >= 11 is 0. The van der Waals surface area contributed by atoms with Gasteiger partial charge in [0, 0.05) is 51.5 Å². The number of anilines is 1. The number of pyridine rings is 1. The Kier molecular flexibility index (Phi) is 8.21. The molecule has 2 heterocycles. The fourth-order valence-corrected chi connectivity index (χ4v) is 3.09. The molecule has 0 saturated carbocycles. The van der Waals surface area contributed by atoms with Gasteiger partial charge >= 0.3 is 0 Å². The molecule has 1 aromatic heterocycles. The monoisotopic (exact) mass is 487 g/mol. The molecule has 0 amide bonds. The van der Waals surface area contributed by atoms with E-state index in [4.69, 9.17) is 0 Å². The Morgan fingerprint density at radius 2 is 1.78 bits per heavy atom. The van der Waals surface area contributed by atoms with Gasteiger partial charge in [0.25, 0.3) is 0 Å². The van der Waals surface area contributed by atoms with Gasteiger partial charge in [-0.1, -0.05) is 12.1 Å². The van der Waals surface area contributed by atoms with Gasteiger partial charge in [-0.15, -0.1) is 24.0 Å². The number of guanidine groups is 1. The van der Waals surface area contributed by atoms with Crippen LogP contribution in [0, 0.1) is 11.6 Å². The number of benzene rings is 1. The van der Waals surface area contributed by atoms with Gasteiger partial charge in [0.1, 0.15) is 17.5 Å². The Bertz CT molecular complexity index is 729. The van der Waals surface area contributed by atoms with Crippen molar-refractivity contribution in [2.75, 3.05) is 44.7 Å². The highest BCUT2D eigenvalue weighted by Crippen LogP contribution is 2.14. The smallest absolute Gasteiger partial charge is 0.193 e. The van der Waals surface area contributed by atoms with E-state index in [1.807, 2.05) is 18.2 Å². The lowest BCUT2D eigenvalue weighted by molar-refractivity contribution is 0.371. The van der Waals surface area contributed by atoms with Gasteiger partial charge in [-0.25, -0.2) is 13.8 Å². The zero-order valence-electron chi connectivity index (χ0n) is 15.2. The average Bonchev–Trinajstić information content (AvgIpc) is 2.68. The number of nitrogens with one attached hydrogen (secondary N) is 1. The summed E-state index contributed by atoms with van der Waals surface area (Å²) in [6.45, 7) is 3.74. The van der Waals surface area contributed by atoms with E-state index >= 15 is 0 Å². The van der Waals surface area contributed by atoms with E-state index in [2.05, 4.69) is 25.1 Å². The highest BCUT2D eigenvalue weighted by Gasteiger charge is 2.20. The van der Waals surface area contributed by atoms with Crippen molar-refractivity contribution in [3.63, 3.8) is 0 Å². The Balaban J connectivity index is 0.00000261. The number of hydrogen-bond donors (Lipinski definition) is 1. The SMILES string of the molecule is CN=C(NCCc1c(F)cccc1F)N1CCN(c2ccccn2)CC1.I. The van der Waals surface area contributed by atoms with Crippen molar-refractivity contribution in [1.82, 2.24) is 15.2 Å². The molecular formula is C19H24F2IN5. The minimum absolute atomic E-state index is 0. The van der Waals surface area contributed by atoms with Crippen LogP contribution in [0.25, 0.3) is 0 Å². The van der Waals surface area contributed by atoms with Crippen LogP contribution in [0.3, 0.4) is 0 Å². The molecule has 0 bridgehead atoms. The lowest BCUT2D eigenvalue weighted by Crippen LogP contribution is -2.53. The number of aromatic nitrogens is 1. The zero-order valence-corrected chi connectivity index (χ0v) is 17.6. The van der Waals surface area contributed by atoms with E-state index in [9.17, 15) is 8.78 Å². The molecule has 0 spiro atoms. The van der Waals surface area contributed by atoms with Crippen molar-refractivity contribution >= 4 is 35.8 Å². The Hall–Kier alpha value is -1.97. The molecule has 8 heteroatoms. The molecule has 0 unspecified atom stereocenters. The number of nitrogens with zero attached hydrogens (tertiary/aromatic N) is 4. The summed E-state index contributed by atoms with van der Waals surface area (Å²) in [7, 11) is 1.72. The number of aliphatic imine (C=N–C) groups is 1. The fourth-order valence-electron chi connectivity index (χ4n) is 3.09. The van der Waals surface area contributed by atoms with Crippen LogP contribution in [0.2, 0.25) is 0 Å². The Morgan fingerprint density at radius 3 is 2.37 bits per heavy atom. The average molecular weight is 487 g/mol. The molecular weight excluding hydrogens is 463 g/mol. The van der Waals surface area contributed by atoms with Crippen LogP contribution in [0.1, 0.15) is 5.56 Å². The van der Waals surface area contributed by atoms with Crippen molar-refractivity contribution in [3.8, 4) is 0 Å². The number of hydrogen-bond acceptors (Lipinski definition) is 3. The molecule has 146 valence electrons. The molecule has 0 radical (unpaired) electrons. The maximum atomic E-state index is 13.7. The number of halogens is 3. The van der Waals surface area contributed by atoms with Crippen LogP contribution < -0.4 is 10.2 Å². The lowest BCUT2D eigenvalue weighted by atomic mass is 10.1. The summed E-state index contributed by atoms with van der Waals surface area (Å²) in [6, 6.07) is 9.84. The van der Waals surface area contributed by atoms with E-state index in [0.29, 0.717) is 6.54 Å². The normalized spacial score (nSPS) is 14.7.